The molecular formula is C14H19N3O. The standard InChI is InChI=1S/C14H19N3O/c15-11-6-2-8-16-13(11)14(18)17-9-3-5-10-4-1-7-12(10)17/h2,6,8,10,12H,1,3-5,7,9,15H2. The molecule has 4 heteroatoms. The van der Waals surface area contributed by atoms with Gasteiger partial charge < -0.3 is 10.6 Å². The zero-order valence-electron chi connectivity index (χ0n) is 10.5. The molecule has 18 heavy (non-hydrogen) atoms. The molecule has 2 atom stereocenters. The van der Waals surface area contributed by atoms with Gasteiger partial charge in [-0.05, 0) is 43.7 Å². The second kappa shape index (κ2) is 4.59. The summed E-state index contributed by atoms with van der Waals surface area (Å²) in [5.74, 6) is 0.720. The number of amides is 1. The Balaban J connectivity index is 1.86. The molecule has 3 rings (SSSR count). The van der Waals surface area contributed by atoms with Gasteiger partial charge in [-0.2, -0.15) is 0 Å². The zero-order valence-corrected chi connectivity index (χ0v) is 10.5. The first-order valence-electron chi connectivity index (χ1n) is 6.79. The molecule has 1 aromatic rings. The first-order valence-corrected chi connectivity index (χ1v) is 6.79. The molecule has 2 unspecified atom stereocenters. The molecule has 1 aliphatic carbocycles. The number of likely N-dealkylation sites (tertiary alicyclic amines) is 1. The minimum Gasteiger partial charge on any atom is -0.397 e. The second-order valence-electron chi connectivity index (χ2n) is 5.34. The Morgan fingerprint density at radius 1 is 1.33 bits per heavy atom. The fraction of sp³-hybridized carbons (Fsp3) is 0.571. The van der Waals surface area contributed by atoms with Gasteiger partial charge in [-0.1, -0.05) is 6.42 Å². The normalized spacial score (nSPS) is 27.0. The van der Waals surface area contributed by atoms with Crippen molar-refractivity contribution in [3.63, 3.8) is 0 Å². The number of fused-ring (bicyclic) bond motifs is 1. The Morgan fingerprint density at radius 2 is 2.17 bits per heavy atom. The molecule has 0 spiro atoms. The Bertz CT molecular complexity index is 460. The van der Waals surface area contributed by atoms with Crippen LogP contribution in [0.3, 0.4) is 0 Å². The van der Waals surface area contributed by atoms with E-state index < -0.39 is 0 Å². The van der Waals surface area contributed by atoms with E-state index >= 15 is 0 Å². The van der Waals surface area contributed by atoms with Crippen LogP contribution in [0.5, 0.6) is 0 Å². The van der Waals surface area contributed by atoms with Crippen molar-refractivity contribution in [2.24, 2.45) is 5.92 Å². The van der Waals surface area contributed by atoms with Crippen LogP contribution < -0.4 is 5.73 Å². The summed E-state index contributed by atoms with van der Waals surface area (Å²) >= 11 is 0. The fourth-order valence-corrected chi connectivity index (χ4v) is 3.44. The number of nitrogens with zero attached hydrogens (tertiary/aromatic N) is 2. The maximum Gasteiger partial charge on any atom is 0.274 e. The van der Waals surface area contributed by atoms with E-state index in [9.17, 15) is 4.79 Å². The number of anilines is 1. The van der Waals surface area contributed by atoms with Crippen LogP contribution in [0.25, 0.3) is 0 Å². The second-order valence-corrected chi connectivity index (χ2v) is 5.34. The number of rotatable bonds is 1. The smallest absolute Gasteiger partial charge is 0.274 e. The van der Waals surface area contributed by atoms with Gasteiger partial charge in [0.2, 0.25) is 0 Å². The van der Waals surface area contributed by atoms with E-state index in [1.807, 2.05) is 4.90 Å². The van der Waals surface area contributed by atoms with E-state index in [1.165, 1.54) is 19.3 Å². The van der Waals surface area contributed by atoms with Gasteiger partial charge in [-0.15, -0.1) is 0 Å². The number of aromatic nitrogens is 1. The van der Waals surface area contributed by atoms with Gasteiger partial charge in [0, 0.05) is 18.8 Å². The van der Waals surface area contributed by atoms with Crippen LogP contribution in [0.2, 0.25) is 0 Å². The SMILES string of the molecule is Nc1cccnc1C(=O)N1CCCC2CCCC21. The fourth-order valence-electron chi connectivity index (χ4n) is 3.44. The average molecular weight is 245 g/mol. The third-order valence-electron chi connectivity index (χ3n) is 4.30. The maximum atomic E-state index is 12.5. The van der Waals surface area contributed by atoms with Crippen LogP contribution in [-0.4, -0.2) is 28.4 Å². The van der Waals surface area contributed by atoms with Crippen molar-refractivity contribution in [1.82, 2.24) is 9.88 Å². The summed E-state index contributed by atoms with van der Waals surface area (Å²) in [5, 5.41) is 0. The van der Waals surface area contributed by atoms with Gasteiger partial charge in [-0.3, -0.25) is 4.79 Å². The van der Waals surface area contributed by atoms with Gasteiger partial charge in [0.1, 0.15) is 0 Å². The summed E-state index contributed by atoms with van der Waals surface area (Å²) in [6.45, 7) is 0.857. The van der Waals surface area contributed by atoms with Crippen LogP contribution >= 0.6 is 0 Å². The zero-order chi connectivity index (χ0) is 12.5. The molecule has 2 N–H and O–H groups in total. The highest BCUT2D eigenvalue weighted by molar-refractivity contribution is 5.97. The highest BCUT2D eigenvalue weighted by Crippen LogP contribution is 2.37. The van der Waals surface area contributed by atoms with Crippen LogP contribution in [0.1, 0.15) is 42.6 Å². The molecule has 1 saturated heterocycles. The van der Waals surface area contributed by atoms with Crippen molar-refractivity contribution in [1.29, 1.82) is 0 Å². The third-order valence-corrected chi connectivity index (χ3v) is 4.30. The van der Waals surface area contributed by atoms with Gasteiger partial charge in [0.15, 0.2) is 5.69 Å². The lowest BCUT2D eigenvalue weighted by Crippen LogP contribution is -2.46. The molecule has 2 fully saturated rings. The van der Waals surface area contributed by atoms with Crippen LogP contribution in [0.4, 0.5) is 5.69 Å². The Labute approximate surface area is 107 Å². The molecule has 1 amide bonds. The van der Waals surface area contributed by atoms with Crippen molar-refractivity contribution in [3.8, 4) is 0 Å². The quantitative estimate of drug-likeness (QED) is 0.824. The van der Waals surface area contributed by atoms with Crippen LogP contribution in [-0.2, 0) is 0 Å². The maximum absolute atomic E-state index is 12.5. The highest BCUT2D eigenvalue weighted by atomic mass is 16.2. The topological polar surface area (TPSA) is 59.2 Å². The first-order chi connectivity index (χ1) is 8.77. The summed E-state index contributed by atoms with van der Waals surface area (Å²) in [6.07, 6.45) is 7.68. The molecule has 96 valence electrons. The van der Waals surface area contributed by atoms with E-state index in [0.29, 0.717) is 23.3 Å². The average Bonchev–Trinajstić information content (AvgIpc) is 2.86. The minimum absolute atomic E-state index is 0.0182. The number of nitrogen functional groups attached to an aromatic ring is 1. The van der Waals surface area contributed by atoms with Crippen LogP contribution in [0.15, 0.2) is 18.3 Å². The number of nitrogens with two attached hydrogens (primary N) is 1. The minimum atomic E-state index is 0.0182. The molecule has 2 heterocycles. The monoisotopic (exact) mass is 245 g/mol. The molecule has 2 aliphatic rings. The lowest BCUT2D eigenvalue weighted by atomic mass is 9.91. The van der Waals surface area contributed by atoms with Gasteiger partial charge in [0.25, 0.3) is 5.91 Å². The van der Waals surface area contributed by atoms with Crippen molar-refractivity contribution >= 4 is 11.6 Å². The Kier molecular flexibility index (Phi) is 2.94. The van der Waals surface area contributed by atoms with E-state index in [1.54, 1.807) is 18.3 Å². The summed E-state index contributed by atoms with van der Waals surface area (Å²) in [5.41, 5.74) is 6.77. The van der Waals surface area contributed by atoms with E-state index in [0.717, 1.165) is 19.4 Å². The van der Waals surface area contributed by atoms with Crippen molar-refractivity contribution < 1.29 is 4.79 Å². The van der Waals surface area contributed by atoms with E-state index in [-0.39, 0.29) is 5.91 Å². The summed E-state index contributed by atoms with van der Waals surface area (Å²) < 4.78 is 0. The molecule has 4 nitrogen and oxygen atoms in total. The Morgan fingerprint density at radius 3 is 3.00 bits per heavy atom. The number of carbonyl (C=O) groups is 1. The number of carbonyl (C=O) groups excluding carboxylic acids is 1. The molecular weight excluding hydrogens is 226 g/mol. The highest BCUT2D eigenvalue weighted by Gasteiger charge is 2.38. The number of hydrogen-bond donors (Lipinski definition) is 1. The molecule has 1 aromatic heterocycles. The van der Waals surface area contributed by atoms with E-state index in [4.69, 9.17) is 5.73 Å². The summed E-state index contributed by atoms with van der Waals surface area (Å²) in [4.78, 5) is 18.7. The number of hydrogen-bond acceptors (Lipinski definition) is 3. The van der Waals surface area contributed by atoms with Gasteiger partial charge in [-0.25, -0.2) is 4.98 Å². The molecule has 1 aliphatic heterocycles. The van der Waals surface area contributed by atoms with Crippen molar-refractivity contribution in [3.05, 3.63) is 24.0 Å². The summed E-state index contributed by atoms with van der Waals surface area (Å²) in [7, 11) is 0. The third kappa shape index (κ3) is 1.85. The lowest BCUT2D eigenvalue weighted by Gasteiger charge is -2.37. The van der Waals surface area contributed by atoms with E-state index in [2.05, 4.69) is 4.98 Å². The predicted molar refractivity (Wildman–Crippen MR) is 70.0 cm³/mol. The predicted octanol–water partition coefficient (Wildman–Crippen LogP) is 2.07. The number of piperidine rings is 1. The molecule has 0 bridgehead atoms. The van der Waals surface area contributed by atoms with Crippen molar-refractivity contribution in [2.75, 3.05) is 12.3 Å². The van der Waals surface area contributed by atoms with Crippen LogP contribution in [0, 0.1) is 5.92 Å². The van der Waals surface area contributed by atoms with Gasteiger partial charge >= 0.3 is 0 Å². The van der Waals surface area contributed by atoms with Gasteiger partial charge in [0.05, 0.1) is 5.69 Å². The Hall–Kier alpha value is -1.58. The summed E-state index contributed by atoms with van der Waals surface area (Å²) in [6, 6.07) is 3.93. The molecule has 1 saturated carbocycles. The lowest BCUT2D eigenvalue weighted by molar-refractivity contribution is 0.0543. The molecule has 0 radical (unpaired) electrons. The first kappa shape index (κ1) is 11.5. The number of pyridine rings is 1. The molecule has 0 aromatic carbocycles. The van der Waals surface area contributed by atoms with Crippen molar-refractivity contribution in [2.45, 2.75) is 38.1 Å². The largest absolute Gasteiger partial charge is 0.397 e.